The molecule has 0 aliphatic carbocycles. The molecule has 13 heavy (non-hydrogen) atoms. The molecule has 2 aromatic heterocycles. The van der Waals surface area contributed by atoms with Crippen LogP contribution in [0.2, 0.25) is 0 Å². The summed E-state index contributed by atoms with van der Waals surface area (Å²) in [5.41, 5.74) is 1.68. The van der Waals surface area contributed by atoms with Crippen molar-refractivity contribution in [3.63, 3.8) is 0 Å². The lowest BCUT2D eigenvalue weighted by molar-refractivity contribution is 0.622. The third kappa shape index (κ3) is 1.69. The predicted molar refractivity (Wildman–Crippen MR) is 47.4 cm³/mol. The number of aromatic nitrogens is 2. The molecule has 0 N–H and O–H groups in total. The number of rotatable bonds is 1. The lowest BCUT2D eigenvalue weighted by Crippen LogP contribution is -1.82. The van der Waals surface area contributed by atoms with E-state index in [-0.39, 0.29) is 5.82 Å². The van der Waals surface area contributed by atoms with Gasteiger partial charge in [0.25, 0.3) is 0 Å². The van der Waals surface area contributed by atoms with Gasteiger partial charge in [0.1, 0.15) is 5.82 Å². The Balaban J connectivity index is 2.48. The Hall–Kier alpha value is -1.77. The maximum absolute atomic E-state index is 12.8. The molecule has 0 aliphatic heterocycles. The smallest absolute Gasteiger partial charge is 0.142 e. The molecular formula is C10H7FN2. The average molecular weight is 174 g/mol. The maximum atomic E-state index is 12.8. The first-order chi connectivity index (χ1) is 6.36. The fraction of sp³-hybridized carbons (Fsp3) is 0. The van der Waals surface area contributed by atoms with Crippen LogP contribution in [-0.4, -0.2) is 9.97 Å². The molecule has 0 spiro atoms. The van der Waals surface area contributed by atoms with Crippen molar-refractivity contribution in [2.45, 2.75) is 0 Å². The Morgan fingerprint density at radius 2 is 1.69 bits per heavy atom. The molecule has 0 atom stereocenters. The molecule has 2 nitrogen and oxygen atoms in total. The van der Waals surface area contributed by atoms with E-state index in [1.54, 1.807) is 18.6 Å². The van der Waals surface area contributed by atoms with Crippen molar-refractivity contribution in [2.75, 3.05) is 0 Å². The molecule has 0 saturated carbocycles. The molecule has 0 aromatic carbocycles. The largest absolute Gasteiger partial charge is 0.265 e. The maximum Gasteiger partial charge on any atom is 0.142 e. The second kappa shape index (κ2) is 3.31. The van der Waals surface area contributed by atoms with Crippen molar-refractivity contribution in [1.29, 1.82) is 0 Å². The Bertz CT molecular complexity index is 401. The van der Waals surface area contributed by atoms with Gasteiger partial charge in [0.15, 0.2) is 0 Å². The summed E-state index contributed by atoms with van der Waals surface area (Å²) in [5, 5.41) is 0. The van der Waals surface area contributed by atoms with E-state index in [2.05, 4.69) is 9.97 Å². The van der Waals surface area contributed by atoms with Gasteiger partial charge < -0.3 is 0 Å². The number of pyridine rings is 2. The quantitative estimate of drug-likeness (QED) is 0.662. The SMILES string of the molecule is Fc1cncc(-c2ccncc2)c1. The summed E-state index contributed by atoms with van der Waals surface area (Å²) in [7, 11) is 0. The number of halogens is 1. The van der Waals surface area contributed by atoms with Gasteiger partial charge in [-0.2, -0.15) is 0 Å². The first-order valence-electron chi connectivity index (χ1n) is 3.87. The summed E-state index contributed by atoms with van der Waals surface area (Å²) in [6, 6.07) is 5.08. The fourth-order valence-electron chi connectivity index (χ4n) is 1.11. The van der Waals surface area contributed by atoms with Crippen molar-refractivity contribution in [3.05, 3.63) is 48.8 Å². The lowest BCUT2D eigenvalue weighted by atomic mass is 10.1. The average Bonchev–Trinajstić information content (AvgIpc) is 2.19. The molecule has 64 valence electrons. The van der Waals surface area contributed by atoms with Gasteiger partial charge in [-0.1, -0.05) is 0 Å². The molecule has 2 aromatic rings. The molecule has 2 heterocycles. The minimum absolute atomic E-state index is 0.325. The topological polar surface area (TPSA) is 25.8 Å². The highest BCUT2D eigenvalue weighted by Crippen LogP contribution is 2.17. The normalized spacial score (nSPS) is 9.92. The highest BCUT2D eigenvalue weighted by molar-refractivity contribution is 5.61. The van der Waals surface area contributed by atoms with E-state index in [1.165, 1.54) is 12.3 Å². The van der Waals surface area contributed by atoms with Gasteiger partial charge in [-0.25, -0.2) is 4.39 Å². The summed E-state index contributed by atoms with van der Waals surface area (Å²) in [4.78, 5) is 7.64. The van der Waals surface area contributed by atoms with Crippen LogP contribution in [0, 0.1) is 5.82 Å². The monoisotopic (exact) mass is 174 g/mol. The van der Waals surface area contributed by atoms with E-state index >= 15 is 0 Å². The summed E-state index contributed by atoms with van der Waals surface area (Å²) >= 11 is 0. The summed E-state index contributed by atoms with van der Waals surface area (Å²) < 4.78 is 12.8. The summed E-state index contributed by atoms with van der Waals surface area (Å²) in [5.74, 6) is -0.325. The van der Waals surface area contributed by atoms with Crippen LogP contribution < -0.4 is 0 Å². The van der Waals surface area contributed by atoms with Crippen molar-refractivity contribution < 1.29 is 4.39 Å². The first-order valence-corrected chi connectivity index (χ1v) is 3.87. The second-order valence-electron chi connectivity index (χ2n) is 2.63. The van der Waals surface area contributed by atoms with Crippen LogP contribution in [0.4, 0.5) is 4.39 Å². The van der Waals surface area contributed by atoms with Crippen LogP contribution >= 0.6 is 0 Å². The zero-order chi connectivity index (χ0) is 9.10. The molecular weight excluding hydrogens is 167 g/mol. The molecule has 0 bridgehead atoms. The van der Waals surface area contributed by atoms with Crippen LogP contribution in [0.25, 0.3) is 11.1 Å². The molecule has 2 rings (SSSR count). The van der Waals surface area contributed by atoms with Crippen LogP contribution in [0.1, 0.15) is 0 Å². The minimum Gasteiger partial charge on any atom is -0.265 e. The van der Waals surface area contributed by atoms with Crippen molar-refractivity contribution in [3.8, 4) is 11.1 Å². The fourth-order valence-corrected chi connectivity index (χ4v) is 1.11. The number of nitrogens with zero attached hydrogens (tertiary/aromatic N) is 2. The standard InChI is InChI=1S/C10H7FN2/c11-10-5-9(6-13-7-10)8-1-3-12-4-2-8/h1-7H. The third-order valence-corrected chi connectivity index (χ3v) is 1.72. The van der Waals surface area contributed by atoms with E-state index in [0.29, 0.717) is 0 Å². The molecule has 3 heteroatoms. The Kier molecular flexibility index (Phi) is 2.00. The van der Waals surface area contributed by atoms with Gasteiger partial charge in [-0.05, 0) is 23.8 Å². The van der Waals surface area contributed by atoms with Gasteiger partial charge in [0.05, 0.1) is 6.20 Å². The second-order valence-corrected chi connectivity index (χ2v) is 2.63. The van der Waals surface area contributed by atoms with Crippen molar-refractivity contribution >= 4 is 0 Å². The molecule has 0 saturated heterocycles. The number of hydrogen-bond donors (Lipinski definition) is 0. The Labute approximate surface area is 75.1 Å². The van der Waals surface area contributed by atoms with Crippen LogP contribution in [-0.2, 0) is 0 Å². The molecule has 0 unspecified atom stereocenters. The van der Waals surface area contributed by atoms with Crippen molar-refractivity contribution in [2.24, 2.45) is 0 Å². The predicted octanol–water partition coefficient (Wildman–Crippen LogP) is 2.28. The molecule has 0 amide bonds. The van der Waals surface area contributed by atoms with Crippen molar-refractivity contribution in [1.82, 2.24) is 9.97 Å². The van der Waals surface area contributed by atoms with Gasteiger partial charge in [-0.15, -0.1) is 0 Å². The van der Waals surface area contributed by atoms with E-state index in [1.807, 2.05) is 12.1 Å². The van der Waals surface area contributed by atoms with E-state index < -0.39 is 0 Å². The molecule has 0 radical (unpaired) electrons. The first kappa shape index (κ1) is 7.86. The van der Waals surface area contributed by atoms with Gasteiger partial charge in [0.2, 0.25) is 0 Å². The van der Waals surface area contributed by atoms with Gasteiger partial charge in [-0.3, -0.25) is 9.97 Å². The minimum atomic E-state index is -0.325. The molecule has 0 aliphatic rings. The van der Waals surface area contributed by atoms with Gasteiger partial charge in [0, 0.05) is 24.2 Å². The van der Waals surface area contributed by atoms with E-state index in [0.717, 1.165) is 11.1 Å². The van der Waals surface area contributed by atoms with Crippen LogP contribution in [0.5, 0.6) is 0 Å². The zero-order valence-electron chi connectivity index (χ0n) is 6.81. The van der Waals surface area contributed by atoms with E-state index in [4.69, 9.17) is 0 Å². The molecule has 0 fully saturated rings. The highest BCUT2D eigenvalue weighted by Gasteiger charge is 1.97. The Morgan fingerprint density at radius 3 is 2.38 bits per heavy atom. The van der Waals surface area contributed by atoms with Crippen LogP contribution in [0.3, 0.4) is 0 Å². The van der Waals surface area contributed by atoms with Gasteiger partial charge >= 0.3 is 0 Å². The zero-order valence-corrected chi connectivity index (χ0v) is 6.81. The highest BCUT2D eigenvalue weighted by atomic mass is 19.1. The van der Waals surface area contributed by atoms with Crippen LogP contribution in [0.15, 0.2) is 43.0 Å². The Morgan fingerprint density at radius 1 is 0.923 bits per heavy atom. The summed E-state index contributed by atoms with van der Waals surface area (Å²) in [6.07, 6.45) is 6.14. The summed E-state index contributed by atoms with van der Waals surface area (Å²) in [6.45, 7) is 0. The third-order valence-electron chi connectivity index (χ3n) is 1.72. The van der Waals surface area contributed by atoms with E-state index in [9.17, 15) is 4.39 Å². The lowest BCUT2D eigenvalue weighted by Gasteiger charge is -1.98. The number of hydrogen-bond acceptors (Lipinski definition) is 2.